The monoisotopic (exact) mass is 505 g/mol. The van der Waals surface area contributed by atoms with E-state index in [1.165, 1.54) is 9.87 Å². The van der Waals surface area contributed by atoms with Crippen LogP contribution in [-0.4, -0.2) is 69.6 Å². The molecule has 1 saturated heterocycles. The lowest BCUT2D eigenvalue weighted by atomic mass is 10.2. The van der Waals surface area contributed by atoms with Gasteiger partial charge in [-0.1, -0.05) is 58.4 Å². The van der Waals surface area contributed by atoms with E-state index in [-0.39, 0.29) is 12.5 Å². The maximum atomic E-state index is 12.9. The van der Waals surface area contributed by atoms with Gasteiger partial charge >= 0.3 is 0 Å². The van der Waals surface area contributed by atoms with E-state index in [1.54, 1.807) is 23.1 Å². The summed E-state index contributed by atoms with van der Waals surface area (Å²) in [6.45, 7) is 5.24. The SMILES string of the molecule is Cc1cc(N(CC(=O)N2CCN(C/C=C/c3ccccc3)CC2)S(C)(=O)=O)ccc1Br. The van der Waals surface area contributed by atoms with Crippen molar-refractivity contribution in [1.29, 1.82) is 0 Å². The first-order valence-electron chi connectivity index (χ1n) is 10.2. The van der Waals surface area contributed by atoms with E-state index < -0.39 is 10.0 Å². The summed E-state index contributed by atoms with van der Waals surface area (Å²) in [7, 11) is -3.58. The molecule has 0 atom stereocenters. The van der Waals surface area contributed by atoms with Crippen molar-refractivity contribution in [3.05, 3.63) is 70.2 Å². The number of rotatable bonds is 7. The molecule has 8 heteroatoms. The van der Waals surface area contributed by atoms with E-state index in [0.29, 0.717) is 18.8 Å². The highest BCUT2D eigenvalue weighted by molar-refractivity contribution is 9.10. The number of halogens is 1. The fraction of sp³-hybridized carbons (Fsp3) is 0.348. The summed E-state index contributed by atoms with van der Waals surface area (Å²) < 4.78 is 26.8. The number of sulfonamides is 1. The molecule has 0 radical (unpaired) electrons. The molecular weight excluding hydrogens is 478 g/mol. The smallest absolute Gasteiger partial charge is 0.243 e. The van der Waals surface area contributed by atoms with Crippen molar-refractivity contribution in [2.24, 2.45) is 0 Å². The van der Waals surface area contributed by atoms with Crippen LogP contribution in [0.15, 0.2) is 59.1 Å². The van der Waals surface area contributed by atoms with Crippen LogP contribution in [-0.2, 0) is 14.8 Å². The summed E-state index contributed by atoms with van der Waals surface area (Å²) in [5.74, 6) is -0.175. The van der Waals surface area contributed by atoms with Crippen LogP contribution in [0.25, 0.3) is 6.08 Å². The molecule has 1 amide bonds. The lowest BCUT2D eigenvalue weighted by Gasteiger charge is -2.35. The van der Waals surface area contributed by atoms with Crippen LogP contribution in [0.5, 0.6) is 0 Å². The molecule has 0 unspecified atom stereocenters. The normalized spacial score (nSPS) is 15.4. The Balaban J connectivity index is 1.56. The molecule has 1 aliphatic rings. The first kappa shape index (κ1) is 23.5. The second-order valence-electron chi connectivity index (χ2n) is 7.70. The Kier molecular flexibility index (Phi) is 7.91. The first-order valence-corrected chi connectivity index (χ1v) is 12.8. The molecule has 1 heterocycles. The molecule has 1 fully saturated rings. The molecule has 1 aliphatic heterocycles. The van der Waals surface area contributed by atoms with Gasteiger partial charge in [0.2, 0.25) is 15.9 Å². The summed E-state index contributed by atoms with van der Waals surface area (Å²) in [4.78, 5) is 16.9. The van der Waals surface area contributed by atoms with E-state index in [2.05, 4.69) is 45.1 Å². The highest BCUT2D eigenvalue weighted by Crippen LogP contribution is 2.24. The van der Waals surface area contributed by atoms with Crippen molar-refractivity contribution in [1.82, 2.24) is 9.80 Å². The van der Waals surface area contributed by atoms with E-state index >= 15 is 0 Å². The zero-order chi connectivity index (χ0) is 22.4. The van der Waals surface area contributed by atoms with Crippen molar-refractivity contribution >= 4 is 43.6 Å². The van der Waals surface area contributed by atoms with Gasteiger partial charge in [-0.3, -0.25) is 14.0 Å². The van der Waals surface area contributed by atoms with E-state index in [0.717, 1.165) is 35.9 Å². The van der Waals surface area contributed by atoms with Crippen LogP contribution >= 0.6 is 15.9 Å². The molecule has 0 aliphatic carbocycles. The molecule has 0 aromatic heterocycles. The molecular formula is C23H28BrN3O3S. The molecule has 3 rings (SSSR count). The van der Waals surface area contributed by atoms with Crippen molar-refractivity contribution in [3.63, 3.8) is 0 Å². The predicted octanol–water partition coefficient (Wildman–Crippen LogP) is 3.38. The Hall–Kier alpha value is -2.16. The predicted molar refractivity (Wildman–Crippen MR) is 130 cm³/mol. The van der Waals surface area contributed by atoms with Gasteiger partial charge in [0.1, 0.15) is 6.54 Å². The number of benzene rings is 2. The van der Waals surface area contributed by atoms with Gasteiger partial charge in [-0.2, -0.15) is 0 Å². The standard InChI is InChI=1S/C23H28BrN3O3S/c1-19-17-21(10-11-22(19)24)27(31(2,29)30)18-23(28)26-15-13-25(14-16-26)12-6-9-20-7-4-3-5-8-20/h3-11,17H,12-16,18H2,1-2H3/b9-6+. The Labute approximate surface area is 193 Å². The summed E-state index contributed by atoms with van der Waals surface area (Å²) in [5.41, 5.74) is 2.58. The minimum atomic E-state index is -3.58. The zero-order valence-corrected chi connectivity index (χ0v) is 20.3. The number of nitrogens with zero attached hydrogens (tertiary/aromatic N) is 3. The van der Waals surface area contributed by atoms with Gasteiger partial charge in [0.05, 0.1) is 11.9 Å². The number of aryl methyl sites for hydroxylation is 1. The summed E-state index contributed by atoms with van der Waals surface area (Å²) in [6, 6.07) is 15.4. The Morgan fingerprint density at radius 2 is 1.77 bits per heavy atom. The number of hydrogen-bond acceptors (Lipinski definition) is 4. The fourth-order valence-corrected chi connectivity index (χ4v) is 4.58. The van der Waals surface area contributed by atoms with Crippen LogP contribution in [0, 0.1) is 6.92 Å². The molecule has 2 aromatic rings. The second kappa shape index (κ2) is 10.4. The number of carbonyl (C=O) groups excluding carboxylic acids is 1. The molecule has 0 bridgehead atoms. The maximum absolute atomic E-state index is 12.9. The van der Waals surface area contributed by atoms with Crippen molar-refractivity contribution in [2.75, 3.05) is 49.8 Å². The number of hydrogen-bond donors (Lipinski definition) is 0. The van der Waals surface area contributed by atoms with Crippen LogP contribution < -0.4 is 4.31 Å². The minimum Gasteiger partial charge on any atom is -0.339 e. The van der Waals surface area contributed by atoms with Crippen molar-refractivity contribution in [3.8, 4) is 0 Å². The number of carbonyl (C=O) groups is 1. The highest BCUT2D eigenvalue weighted by atomic mass is 79.9. The van der Waals surface area contributed by atoms with Crippen molar-refractivity contribution in [2.45, 2.75) is 6.92 Å². The van der Waals surface area contributed by atoms with E-state index in [1.807, 2.05) is 25.1 Å². The van der Waals surface area contributed by atoms with Gasteiger partial charge in [0, 0.05) is 37.2 Å². The quantitative estimate of drug-likeness (QED) is 0.578. The van der Waals surface area contributed by atoms with Crippen LogP contribution in [0.3, 0.4) is 0 Å². The second-order valence-corrected chi connectivity index (χ2v) is 10.5. The summed E-state index contributed by atoms with van der Waals surface area (Å²) in [6.07, 6.45) is 5.37. The third-order valence-corrected chi connectivity index (χ3v) is 7.34. The van der Waals surface area contributed by atoms with Gasteiger partial charge in [-0.15, -0.1) is 0 Å². The first-order chi connectivity index (χ1) is 14.7. The Morgan fingerprint density at radius 3 is 2.39 bits per heavy atom. The molecule has 166 valence electrons. The van der Waals surface area contributed by atoms with Crippen LogP contribution in [0.4, 0.5) is 5.69 Å². The molecule has 0 saturated carbocycles. The molecule has 0 N–H and O–H groups in total. The number of anilines is 1. The molecule has 6 nitrogen and oxygen atoms in total. The summed E-state index contributed by atoms with van der Waals surface area (Å²) >= 11 is 3.43. The summed E-state index contributed by atoms with van der Waals surface area (Å²) in [5, 5.41) is 0. The molecule has 31 heavy (non-hydrogen) atoms. The zero-order valence-electron chi connectivity index (χ0n) is 17.9. The lowest BCUT2D eigenvalue weighted by Crippen LogP contribution is -2.51. The highest BCUT2D eigenvalue weighted by Gasteiger charge is 2.26. The van der Waals surface area contributed by atoms with Crippen LogP contribution in [0.1, 0.15) is 11.1 Å². The minimum absolute atomic E-state index is 0.175. The van der Waals surface area contributed by atoms with Gasteiger partial charge < -0.3 is 4.90 Å². The average Bonchev–Trinajstić information content (AvgIpc) is 2.74. The van der Waals surface area contributed by atoms with Crippen molar-refractivity contribution < 1.29 is 13.2 Å². The van der Waals surface area contributed by atoms with E-state index in [9.17, 15) is 13.2 Å². The third kappa shape index (κ3) is 6.66. The average molecular weight is 506 g/mol. The number of piperazine rings is 1. The maximum Gasteiger partial charge on any atom is 0.243 e. The number of amides is 1. The third-order valence-electron chi connectivity index (χ3n) is 5.31. The van der Waals surface area contributed by atoms with Gasteiger partial charge in [-0.05, 0) is 36.2 Å². The molecule has 2 aromatic carbocycles. The topological polar surface area (TPSA) is 60.9 Å². The largest absolute Gasteiger partial charge is 0.339 e. The molecule has 0 spiro atoms. The fourth-order valence-electron chi connectivity index (χ4n) is 3.49. The lowest BCUT2D eigenvalue weighted by molar-refractivity contribution is -0.131. The van der Waals surface area contributed by atoms with Gasteiger partial charge in [-0.25, -0.2) is 8.42 Å². The van der Waals surface area contributed by atoms with E-state index in [4.69, 9.17) is 0 Å². The van der Waals surface area contributed by atoms with Gasteiger partial charge in [0.25, 0.3) is 0 Å². The van der Waals surface area contributed by atoms with Crippen LogP contribution in [0.2, 0.25) is 0 Å². The Morgan fingerprint density at radius 1 is 1.10 bits per heavy atom. The Bertz CT molecular complexity index is 1030. The van der Waals surface area contributed by atoms with Gasteiger partial charge in [0.15, 0.2) is 0 Å².